The van der Waals surface area contributed by atoms with Crippen molar-refractivity contribution in [1.82, 2.24) is 25.3 Å². The van der Waals surface area contributed by atoms with Crippen molar-refractivity contribution in [3.8, 4) is 5.69 Å². The van der Waals surface area contributed by atoms with Crippen LogP contribution in [0.25, 0.3) is 5.69 Å². The van der Waals surface area contributed by atoms with Gasteiger partial charge in [-0.25, -0.2) is 4.68 Å². The number of nitrogens with one attached hydrogen (secondary N) is 3. The highest BCUT2D eigenvalue weighted by Crippen LogP contribution is 2.25. The summed E-state index contributed by atoms with van der Waals surface area (Å²) in [5, 5.41) is 18.4. The molecule has 4 rings (SSSR count). The highest BCUT2D eigenvalue weighted by molar-refractivity contribution is 6.30. The number of aromatic amines is 1. The van der Waals surface area contributed by atoms with Crippen LogP contribution in [0.3, 0.4) is 0 Å². The smallest absolute Gasteiger partial charge is 0.277 e. The van der Waals surface area contributed by atoms with Gasteiger partial charge in [0.25, 0.3) is 5.91 Å². The Morgan fingerprint density at radius 2 is 1.96 bits per heavy atom. The van der Waals surface area contributed by atoms with Crippen LogP contribution in [0.15, 0.2) is 42.6 Å². The molecule has 0 atom stereocenters. The Morgan fingerprint density at radius 1 is 1.19 bits per heavy atom. The molecule has 1 aliphatic heterocycles. The van der Waals surface area contributed by atoms with Gasteiger partial charge in [0.2, 0.25) is 0 Å². The van der Waals surface area contributed by atoms with Crippen molar-refractivity contribution < 1.29 is 4.79 Å². The minimum absolute atomic E-state index is 0.291. The number of anilines is 1. The van der Waals surface area contributed by atoms with Crippen LogP contribution >= 0.6 is 11.6 Å². The van der Waals surface area contributed by atoms with E-state index in [0.717, 1.165) is 37.3 Å². The Labute approximate surface area is 155 Å². The zero-order valence-electron chi connectivity index (χ0n) is 14.1. The first-order chi connectivity index (χ1) is 12.7. The molecule has 0 aliphatic carbocycles. The first-order valence-electron chi connectivity index (χ1n) is 8.58. The number of rotatable bonds is 4. The van der Waals surface area contributed by atoms with Crippen molar-refractivity contribution in [2.24, 2.45) is 0 Å². The molecule has 1 fully saturated rings. The Kier molecular flexibility index (Phi) is 4.73. The van der Waals surface area contributed by atoms with Gasteiger partial charge < -0.3 is 10.6 Å². The summed E-state index contributed by atoms with van der Waals surface area (Å²) in [5.74, 6) is 0.684. The van der Waals surface area contributed by atoms with E-state index in [1.54, 1.807) is 29.1 Å². The van der Waals surface area contributed by atoms with Crippen molar-refractivity contribution >= 4 is 23.3 Å². The summed E-state index contributed by atoms with van der Waals surface area (Å²) in [6.07, 6.45) is 3.88. The van der Waals surface area contributed by atoms with Crippen LogP contribution in [-0.2, 0) is 0 Å². The van der Waals surface area contributed by atoms with E-state index < -0.39 is 0 Å². The zero-order chi connectivity index (χ0) is 17.9. The molecule has 134 valence electrons. The van der Waals surface area contributed by atoms with Gasteiger partial charge in [0.1, 0.15) is 0 Å². The Morgan fingerprint density at radius 3 is 2.73 bits per heavy atom. The lowest BCUT2D eigenvalue weighted by Crippen LogP contribution is -2.26. The van der Waals surface area contributed by atoms with Crippen LogP contribution in [0.2, 0.25) is 5.02 Å². The molecule has 0 bridgehead atoms. The van der Waals surface area contributed by atoms with Crippen LogP contribution in [0.4, 0.5) is 5.82 Å². The maximum atomic E-state index is 12.4. The van der Waals surface area contributed by atoms with Crippen molar-refractivity contribution in [2.75, 3.05) is 18.4 Å². The standard InChI is InChI=1S/C18H19ClN6O/c19-13-1-3-14(4-2-13)25-10-7-15(24-25)18(26)21-17-11-16(22-23-17)12-5-8-20-9-6-12/h1-4,7,10-12,20H,5-6,8-9H2,(H2,21,22,23,26). The van der Waals surface area contributed by atoms with Gasteiger partial charge >= 0.3 is 0 Å². The Balaban J connectivity index is 1.44. The molecule has 0 saturated carbocycles. The topological polar surface area (TPSA) is 87.6 Å². The van der Waals surface area contributed by atoms with Gasteiger partial charge in [-0.15, -0.1) is 0 Å². The van der Waals surface area contributed by atoms with E-state index in [1.165, 1.54) is 0 Å². The first kappa shape index (κ1) is 16.8. The molecule has 7 nitrogen and oxygen atoms in total. The fraction of sp³-hybridized carbons (Fsp3) is 0.278. The largest absolute Gasteiger partial charge is 0.317 e. The van der Waals surface area contributed by atoms with E-state index in [2.05, 4.69) is 25.9 Å². The number of carbonyl (C=O) groups is 1. The third-order valence-electron chi connectivity index (χ3n) is 4.53. The van der Waals surface area contributed by atoms with Gasteiger partial charge in [-0.1, -0.05) is 11.6 Å². The summed E-state index contributed by atoms with van der Waals surface area (Å²) in [6, 6.07) is 10.8. The SMILES string of the molecule is O=C(Nc1cc(C2CCNCC2)[nH]n1)c1ccn(-c2ccc(Cl)cc2)n1. The number of aromatic nitrogens is 4. The van der Waals surface area contributed by atoms with Gasteiger partial charge in [0, 0.05) is 28.9 Å². The highest BCUT2D eigenvalue weighted by atomic mass is 35.5. The fourth-order valence-electron chi connectivity index (χ4n) is 3.11. The highest BCUT2D eigenvalue weighted by Gasteiger charge is 2.18. The van der Waals surface area contributed by atoms with Crippen molar-refractivity contribution in [1.29, 1.82) is 0 Å². The molecule has 1 amide bonds. The molecule has 3 N–H and O–H groups in total. The molecule has 1 aromatic carbocycles. The number of nitrogens with zero attached hydrogens (tertiary/aromatic N) is 3. The lowest BCUT2D eigenvalue weighted by molar-refractivity contribution is 0.102. The molecule has 0 radical (unpaired) electrons. The average molecular weight is 371 g/mol. The zero-order valence-corrected chi connectivity index (χ0v) is 14.8. The van der Waals surface area contributed by atoms with E-state index in [0.29, 0.717) is 22.5 Å². The normalized spacial score (nSPS) is 15.1. The van der Waals surface area contributed by atoms with Crippen LogP contribution in [0, 0.1) is 0 Å². The molecule has 26 heavy (non-hydrogen) atoms. The summed E-state index contributed by atoms with van der Waals surface area (Å²) in [5.41, 5.74) is 2.22. The lowest BCUT2D eigenvalue weighted by atomic mass is 9.95. The second-order valence-electron chi connectivity index (χ2n) is 6.31. The molecule has 1 saturated heterocycles. The molecule has 0 spiro atoms. The van der Waals surface area contributed by atoms with Crippen molar-refractivity contribution in [2.45, 2.75) is 18.8 Å². The van der Waals surface area contributed by atoms with Crippen LogP contribution in [-0.4, -0.2) is 39.0 Å². The number of hydrogen-bond acceptors (Lipinski definition) is 4. The number of carbonyl (C=O) groups excluding carboxylic acids is 1. The average Bonchev–Trinajstić information content (AvgIpc) is 3.33. The number of piperidine rings is 1. The fourth-order valence-corrected chi connectivity index (χ4v) is 3.23. The van der Waals surface area contributed by atoms with E-state index >= 15 is 0 Å². The van der Waals surface area contributed by atoms with Gasteiger partial charge in [-0.05, 0) is 56.3 Å². The molecular weight excluding hydrogens is 352 g/mol. The van der Waals surface area contributed by atoms with E-state index in [9.17, 15) is 4.79 Å². The van der Waals surface area contributed by atoms with E-state index in [1.807, 2.05) is 18.2 Å². The van der Waals surface area contributed by atoms with Crippen LogP contribution in [0.1, 0.15) is 34.9 Å². The summed E-state index contributed by atoms with van der Waals surface area (Å²) in [6.45, 7) is 2.01. The number of halogens is 1. The van der Waals surface area contributed by atoms with Gasteiger partial charge in [0.15, 0.2) is 11.5 Å². The summed E-state index contributed by atoms with van der Waals surface area (Å²) < 4.78 is 1.64. The first-order valence-corrected chi connectivity index (χ1v) is 8.96. The molecule has 8 heteroatoms. The number of hydrogen-bond donors (Lipinski definition) is 3. The lowest BCUT2D eigenvalue weighted by Gasteiger charge is -2.20. The summed E-state index contributed by atoms with van der Waals surface area (Å²) >= 11 is 5.90. The maximum Gasteiger partial charge on any atom is 0.277 e. The predicted octanol–water partition coefficient (Wildman–Crippen LogP) is 2.97. The van der Waals surface area contributed by atoms with Gasteiger partial charge in [-0.3, -0.25) is 9.89 Å². The number of amides is 1. The predicted molar refractivity (Wildman–Crippen MR) is 100.0 cm³/mol. The maximum absolute atomic E-state index is 12.4. The van der Waals surface area contributed by atoms with E-state index in [-0.39, 0.29) is 5.91 Å². The van der Waals surface area contributed by atoms with Crippen LogP contribution in [0.5, 0.6) is 0 Å². The second-order valence-corrected chi connectivity index (χ2v) is 6.75. The molecule has 3 aromatic rings. The van der Waals surface area contributed by atoms with Crippen LogP contribution < -0.4 is 10.6 Å². The molecule has 1 aliphatic rings. The molecular formula is C18H19ClN6O. The van der Waals surface area contributed by atoms with Gasteiger partial charge in [0.05, 0.1) is 5.69 Å². The Hall–Kier alpha value is -2.64. The third-order valence-corrected chi connectivity index (χ3v) is 4.78. The van der Waals surface area contributed by atoms with Gasteiger partial charge in [-0.2, -0.15) is 10.2 Å². The quantitative estimate of drug-likeness (QED) is 0.658. The molecule has 0 unspecified atom stereocenters. The molecule has 3 heterocycles. The molecule has 2 aromatic heterocycles. The van der Waals surface area contributed by atoms with Crippen molar-refractivity contribution in [3.05, 3.63) is 59.0 Å². The number of benzene rings is 1. The summed E-state index contributed by atoms with van der Waals surface area (Å²) in [7, 11) is 0. The monoisotopic (exact) mass is 370 g/mol. The minimum Gasteiger partial charge on any atom is -0.317 e. The Bertz CT molecular complexity index is 895. The second kappa shape index (κ2) is 7.31. The third kappa shape index (κ3) is 3.63. The van der Waals surface area contributed by atoms with E-state index in [4.69, 9.17) is 11.6 Å². The number of H-pyrrole nitrogens is 1. The minimum atomic E-state index is -0.291. The summed E-state index contributed by atoms with van der Waals surface area (Å²) in [4.78, 5) is 12.4. The van der Waals surface area contributed by atoms with Crippen molar-refractivity contribution in [3.63, 3.8) is 0 Å².